The fraction of sp³-hybridized carbons (Fsp3) is 0.273. The fourth-order valence-electron chi connectivity index (χ4n) is 1.23. The Kier molecular flexibility index (Phi) is 4.00. The average molecular weight is 209 g/mol. The maximum absolute atomic E-state index is 9.56. The Balaban J connectivity index is 3.15. The van der Waals surface area contributed by atoms with Gasteiger partial charge in [-0.3, -0.25) is 0 Å². The van der Waals surface area contributed by atoms with E-state index in [1.807, 2.05) is 0 Å². The highest BCUT2D eigenvalue weighted by atomic mass is 16.5. The Morgan fingerprint density at radius 3 is 2.47 bits per heavy atom. The zero-order chi connectivity index (χ0) is 11.3. The summed E-state index contributed by atoms with van der Waals surface area (Å²) >= 11 is 0. The van der Waals surface area contributed by atoms with Crippen molar-refractivity contribution in [3.8, 4) is 17.2 Å². The van der Waals surface area contributed by atoms with Gasteiger partial charge >= 0.3 is 0 Å². The number of phenols is 1. The van der Waals surface area contributed by atoms with Crippen molar-refractivity contribution in [3.63, 3.8) is 0 Å². The Morgan fingerprint density at radius 2 is 1.93 bits per heavy atom. The number of aromatic hydroxyl groups is 1. The van der Waals surface area contributed by atoms with E-state index in [0.29, 0.717) is 18.0 Å². The van der Waals surface area contributed by atoms with E-state index >= 15 is 0 Å². The summed E-state index contributed by atoms with van der Waals surface area (Å²) < 4.78 is 10.1. The number of rotatable bonds is 4. The molecule has 0 aliphatic heterocycles. The summed E-state index contributed by atoms with van der Waals surface area (Å²) in [5, 5.41) is 9.56. The summed E-state index contributed by atoms with van der Waals surface area (Å²) in [6, 6.07) is 3.20. The normalized spacial score (nSPS) is 10.6. The van der Waals surface area contributed by atoms with E-state index in [2.05, 4.69) is 0 Å². The van der Waals surface area contributed by atoms with E-state index in [0.717, 1.165) is 5.56 Å². The van der Waals surface area contributed by atoms with E-state index in [1.165, 1.54) is 7.11 Å². The van der Waals surface area contributed by atoms with E-state index < -0.39 is 0 Å². The quantitative estimate of drug-likeness (QED) is 0.786. The fourth-order valence-corrected chi connectivity index (χ4v) is 1.23. The molecule has 0 unspecified atom stereocenters. The predicted octanol–water partition coefficient (Wildman–Crippen LogP) is 1.38. The van der Waals surface area contributed by atoms with Crippen LogP contribution < -0.4 is 15.2 Å². The van der Waals surface area contributed by atoms with E-state index in [9.17, 15) is 5.11 Å². The Bertz CT molecular complexity index is 361. The maximum Gasteiger partial charge on any atom is 0.164 e. The summed E-state index contributed by atoms with van der Waals surface area (Å²) in [5.41, 5.74) is 6.11. The van der Waals surface area contributed by atoms with E-state index in [4.69, 9.17) is 15.2 Å². The van der Waals surface area contributed by atoms with Crippen molar-refractivity contribution in [2.24, 2.45) is 5.73 Å². The molecule has 1 aromatic rings. The zero-order valence-corrected chi connectivity index (χ0v) is 8.86. The molecule has 0 heterocycles. The SMILES string of the molecule is COc1cc(OC)c(/C=C/CN)cc1O. The average Bonchev–Trinajstić information content (AvgIpc) is 2.26. The van der Waals surface area contributed by atoms with Gasteiger partial charge in [0.25, 0.3) is 0 Å². The van der Waals surface area contributed by atoms with Gasteiger partial charge in [-0.25, -0.2) is 0 Å². The second-order valence-electron chi connectivity index (χ2n) is 2.90. The number of hydrogen-bond acceptors (Lipinski definition) is 4. The van der Waals surface area contributed by atoms with Crippen LogP contribution in [-0.2, 0) is 0 Å². The topological polar surface area (TPSA) is 64.7 Å². The van der Waals surface area contributed by atoms with Crippen molar-refractivity contribution in [2.75, 3.05) is 20.8 Å². The van der Waals surface area contributed by atoms with Crippen molar-refractivity contribution < 1.29 is 14.6 Å². The highest BCUT2D eigenvalue weighted by Gasteiger charge is 2.07. The molecular weight excluding hydrogens is 194 g/mol. The van der Waals surface area contributed by atoms with Gasteiger partial charge in [-0.2, -0.15) is 0 Å². The van der Waals surface area contributed by atoms with Gasteiger partial charge in [-0.1, -0.05) is 12.2 Å². The van der Waals surface area contributed by atoms with Crippen molar-refractivity contribution >= 4 is 6.08 Å². The van der Waals surface area contributed by atoms with Crippen LogP contribution in [0.5, 0.6) is 17.2 Å². The van der Waals surface area contributed by atoms with Crippen LogP contribution in [0.25, 0.3) is 6.08 Å². The summed E-state index contributed by atoms with van der Waals surface area (Å²) in [7, 11) is 3.05. The molecule has 4 nitrogen and oxygen atoms in total. The molecule has 0 amide bonds. The summed E-state index contributed by atoms with van der Waals surface area (Å²) in [6.07, 6.45) is 3.57. The highest BCUT2D eigenvalue weighted by Crippen LogP contribution is 2.34. The Labute approximate surface area is 88.9 Å². The number of hydrogen-bond donors (Lipinski definition) is 2. The Morgan fingerprint density at radius 1 is 1.27 bits per heavy atom. The van der Waals surface area contributed by atoms with Gasteiger partial charge in [0, 0.05) is 18.2 Å². The molecule has 15 heavy (non-hydrogen) atoms. The van der Waals surface area contributed by atoms with Gasteiger partial charge in [-0.15, -0.1) is 0 Å². The van der Waals surface area contributed by atoms with Crippen LogP contribution in [0, 0.1) is 0 Å². The predicted molar refractivity (Wildman–Crippen MR) is 59.3 cm³/mol. The van der Waals surface area contributed by atoms with Crippen LogP contribution in [0.1, 0.15) is 5.56 Å². The van der Waals surface area contributed by atoms with Crippen molar-refractivity contribution in [2.45, 2.75) is 0 Å². The number of methoxy groups -OCH3 is 2. The molecule has 0 fully saturated rings. The number of benzene rings is 1. The largest absolute Gasteiger partial charge is 0.504 e. The van der Waals surface area contributed by atoms with Crippen LogP contribution in [0.15, 0.2) is 18.2 Å². The van der Waals surface area contributed by atoms with Crippen LogP contribution in [-0.4, -0.2) is 25.9 Å². The lowest BCUT2D eigenvalue weighted by molar-refractivity contribution is 0.364. The molecule has 0 aliphatic rings. The minimum absolute atomic E-state index is 0.0787. The lowest BCUT2D eigenvalue weighted by atomic mass is 10.1. The molecule has 1 rings (SSSR count). The summed E-state index contributed by atoms with van der Waals surface area (Å²) in [4.78, 5) is 0. The molecule has 4 heteroatoms. The minimum Gasteiger partial charge on any atom is -0.504 e. The molecule has 0 radical (unpaired) electrons. The summed E-state index contributed by atoms with van der Waals surface area (Å²) in [5.74, 6) is 1.10. The van der Waals surface area contributed by atoms with E-state index in [-0.39, 0.29) is 5.75 Å². The van der Waals surface area contributed by atoms with Crippen molar-refractivity contribution in [1.82, 2.24) is 0 Å². The first-order chi connectivity index (χ1) is 7.22. The van der Waals surface area contributed by atoms with Gasteiger partial charge in [0.1, 0.15) is 5.75 Å². The van der Waals surface area contributed by atoms with Gasteiger partial charge < -0.3 is 20.3 Å². The summed E-state index contributed by atoms with van der Waals surface area (Å²) in [6.45, 7) is 0.440. The number of ether oxygens (including phenoxy) is 2. The first-order valence-corrected chi connectivity index (χ1v) is 4.54. The van der Waals surface area contributed by atoms with Gasteiger partial charge in [0.05, 0.1) is 14.2 Å². The second kappa shape index (κ2) is 5.26. The van der Waals surface area contributed by atoms with Gasteiger partial charge in [-0.05, 0) is 6.07 Å². The molecule has 0 bridgehead atoms. The molecule has 0 atom stereocenters. The molecule has 0 spiro atoms. The van der Waals surface area contributed by atoms with Crippen LogP contribution in [0.4, 0.5) is 0 Å². The number of nitrogens with two attached hydrogens (primary N) is 1. The molecule has 3 N–H and O–H groups in total. The van der Waals surface area contributed by atoms with Crippen molar-refractivity contribution in [1.29, 1.82) is 0 Å². The van der Waals surface area contributed by atoms with Crippen LogP contribution >= 0.6 is 0 Å². The third-order valence-corrected chi connectivity index (χ3v) is 1.96. The first kappa shape index (κ1) is 11.4. The lowest BCUT2D eigenvalue weighted by Crippen LogP contribution is -1.93. The third-order valence-electron chi connectivity index (χ3n) is 1.96. The monoisotopic (exact) mass is 209 g/mol. The molecule has 0 aliphatic carbocycles. The minimum atomic E-state index is 0.0787. The molecular formula is C11H15NO3. The number of phenolic OH excluding ortho intramolecular Hbond substituents is 1. The molecule has 0 saturated heterocycles. The smallest absolute Gasteiger partial charge is 0.164 e. The molecule has 0 saturated carbocycles. The van der Waals surface area contributed by atoms with Crippen LogP contribution in [0.3, 0.4) is 0 Å². The van der Waals surface area contributed by atoms with E-state index in [1.54, 1.807) is 31.4 Å². The lowest BCUT2D eigenvalue weighted by Gasteiger charge is -2.09. The van der Waals surface area contributed by atoms with Crippen molar-refractivity contribution in [3.05, 3.63) is 23.8 Å². The van der Waals surface area contributed by atoms with Gasteiger partial charge in [0.2, 0.25) is 0 Å². The highest BCUT2D eigenvalue weighted by molar-refractivity contribution is 5.63. The molecule has 1 aromatic carbocycles. The molecule has 0 aromatic heterocycles. The first-order valence-electron chi connectivity index (χ1n) is 4.54. The molecule has 82 valence electrons. The van der Waals surface area contributed by atoms with Gasteiger partial charge in [0.15, 0.2) is 11.5 Å². The van der Waals surface area contributed by atoms with Crippen LogP contribution in [0.2, 0.25) is 0 Å². The standard InChI is InChI=1S/C11H15NO3/c1-14-10-7-11(15-2)9(13)6-8(10)4-3-5-12/h3-4,6-7,13H,5,12H2,1-2H3/b4-3+. The zero-order valence-electron chi connectivity index (χ0n) is 8.86. The maximum atomic E-state index is 9.56. The third kappa shape index (κ3) is 2.63. The Hall–Kier alpha value is -1.68. The second-order valence-corrected chi connectivity index (χ2v) is 2.90.